The fraction of sp³-hybridized carbons (Fsp3) is 0.125. The first-order valence-corrected chi connectivity index (χ1v) is 15.3. The van der Waals surface area contributed by atoms with Crippen molar-refractivity contribution in [3.8, 4) is 22.5 Å². The SMILES string of the molecule is C[Si](C)(C)c1ccc[c-]c1-c1nccc2c1oc1ccccc12.[2H]C([2H])([2H])c1ccc(-c2[c-]cccc2)nc1.[Ir]. The smallest absolute Gasteiger partial charge is 0.134 e. The summed E-state index contributed by atoms with van der Waals surface area (Å²) >= 11 is 0. The van der Waals surface area contributed by atoms with Crippen LogP contribution in [0.3, 0.4) is 0 Å². The zero-order valence-corrected chi connectivity index (χ0v) is 24.3. The number of benzene rings is 3. The van der Waals surface area contributed by atoms with Crippen molar-refractivity contribution in [3.05, 3.63) is 115 Å². The predicted molar refractivity (Wildman–Crippen MR) is 152 cm³/mol. The van der Waals surface area contributed by atoms with Gasteiger partial charge in [-0.3, -0.25) is 0 Å². The third kappa shape index (κ3) is 5.80. The first kappa shape index (κ1) is 22.8. The van der Waals surface area contributed by atoms with Crippen LogP contribution in [0.1, 0.15) is 9.68 Å². The Bertz CT molecular complexity index is 1730. The average Bonchev–Trinajstić information content (AvgIpc) is 3.32. The molecular weight excluding hydrogens is 649 g/mol. The maximum Gasteiger partial charge on any atom is 0.134 e. The minimum atomic E-state index is -2.09. The maximum absolute atomic E-state index is 7.23. The van der Waals surface area contributed by atoms with E-state index < -0.39 is 14.9 Å². The Morgan fingerprint density at radius 1 is 0.811 bits per heavy atom. The van der Waals surface area contributed by atoms with Gasteiger partial charge in [-0.25, -0.2) is 0 Å². The van der Waals surface area contributed by atoms with Gasteiger partial charge in [0, 0.05) is 61.2 Å². The summed E-state index contributed by atoms with van der Waals surface area (Å²) in [5.74, 6) is 0. The van der Waals surface area contributed by atoms with Gasteiger partial charge in [-0.1, -0.05) is 50.0 Å². The third-order valence-electron chi connectivity index (χ3n) is 5.94. The number of hydrogen-bond acceptors (Lipinski definition) is 3. The summed E-state index contributed by atoms with van der Waals surface area (Å²) in [6.07, 6.45) is 3.26. The number of aromatic nitrogens is 2. The Labute approximate surface area is 237 Å². The van der Waals surface area contributed by atoms with E-state index in [1.165, 1.54) is 11.4 Å². The summed E-state index contributed by atoms with van der Waals surface area (Å²) in [4.78, 5) is 8.77. The van der Waals surface area contributed by atoms with E-state index in [9.17, 15) is 0 Å². The van der Waals surface area contributed by atoms with Crippen molar-refractivity contribution in [2.45, 2.75) is 26.5 Å². The van der Waals surface area contributed by atoms with E-state index >= 15 is 0 Å². The Balaban J connectivity index is 0.000000192. The van der Waals surface area contributed by atoms with Crippen molar-refractivity contribution >= 4 is 35.2 Å². The summed E-state index contributed by atoms with van der Waals surface area (Å²) in [5, 5.41) is 3.61. The van der Waals surface area contributed by atoms with Gasteiger partial charge in [0.05, 0.1) is 0 Å². The summed E-state index contributed by atoms with van der Waals surface area (Å²) in [5.41, 5.74) is 5.59. The van der Waals surface area contributed by atoms with Crippen LogP contribution in [-0.2, 0) is 20.1 Å². The first-order chi connectivity index (χ1) is 18.6. The van der Waals surface area contributed by atoms with Crippen LogP contribution in [0.15, 0.2) is 102 Å². The zero-order chi connectivity index (χ0) is 27.6. The molecule has 6 aromatic rings. The molecule has 3 heterocycles. The second-order valence-electron chi connectivity index (χ2n) is 9.55. The van der Waals surface area contributed by atoms with E-state index in [1.807, 2.05) is 54.7 Å². The van der Waals surface area contributed by atoms with E-state index in [4.69, 9.17) is 8.53 Å². The number of nitrogens with zero attached hydrogens (tertiary/aromatic N) is 2. The minimum absolute atomic E-state index is 0. The number of hydrogen-bond donors (Lipinski definition) is 0. The summed E-state index contributed by atoms with van der Waals surface area (Å²) in [7, 11) is -1.50. The Morgan fingerprint density at radius 2 is 1.62 bits per heavy atom. The molecule has 0 aliphatic rings. The van der Waals surface area contributed by atoms with Crippen LogP contribution in [0.2, 0.25) is 19.6 Å². The second kappa shape index (κ2) is 11.3. The molecule has 3 aromatic carbocycles. The van der Waals surface area contributed by atoms with Crippen LogP contribution in [0.5, 0.6) is 0 Å². The summed E-state index contributed by atoms with van der Waals surface area (Å²) in [6, 6.07) is 33.6. The molecule has 0 aliphatic heterocycles. The standard InChI is InChI=1S/C20H18NOSi.C12H10N.Ir/c1-23(2,3)18-11-7-5-9-16(18)19-20-15(12-13-21-19)14-8-4-6-10-17(14)22-20;1-10-7-8-12(13-9-10)11-5-3-2-4-6-11;/h4-8,10-13H,1-3H3;2-5,7-9H,1H3;/q2*-1;/i;1D3;. The second-order valence-corrected chi connectivity index (χ2v) is 14.6. The van der Waals surface area contributed by atoms with Crippen molar-refractivity contribution in [1.29, 1.82) is 0 Å². The molecule has 0 spiro atoms. The fourth-order valence-corrected chi connectivity index (χ4v) is 5.73. The fourth-order valence-electron chi connectivity index (χ4n) is 4.19. The maximum atomic E-state index is 7.23. The van der Waals surface area contributed by atoms with E-state index in [0.29, 0.717) is 0 Å². The Morgan fingerprint density at radius 3 is 2.35 bits per heavy atom. The molecule has 0 atom stereocenters. The number of fused-ring (bicyclic) bond motifs is 3. The van der Waals surface area contributed by atoms with Crippen molar-refractivity contribution in [2.24, 2.45) is 0 Å². The van der Waals surface area contributed by atoms with E-state index in [2.05, 4.69) is 59.9 Å². The average molecular weight is 680 g/mol. The molecule has 3 aromatic heterocycles. The van der Waals surface area contributed by atoms with Gasteiger partial charge in [0.2, 0.25) is 0 Å². The summed E-state index contributed by atoms with van der Waals surface area (Å²) < 4.78 is 27.8. The largest absolute Gasteiger partial charge is 0.464 e. The molecule has 0 amide bonds. The Kier molecular flexibility index (Phi) is 6.99. The number of pyridine rings is 2. The molecule has 0 fully saturated rings. The molecule has 0 bridgehead atoms. The molecule has 0 saturated heterocycles. The monoisotopic (exact) mass is 680 g/mol. The van der Waals surface area contributed by atoms with Gasteiger partial charge in [-0.05, 0) is 30.2 Å². The van der Waals surface area contributed by atoms with Crippen LogP contribution < -0.4 is 5.19 Å². The van der Waals surface area contributed by atoms with Crippen molar-refractivity contribution in [1.82, 2.24) is 9.97 Å². The Hall–Kier alpha value is -3.37. The molecule has 3 nitrogen and oxygen atoms in total. The van der Waals surface area contributed by atoms with Crippen LogP contribution in [-0.4, -0.2) is 18.0 Å². The van der Waals surface area contributed by atoms with Crippen molar-refractivity contribution < 1.29 is 28.6 Å². The molecule has 5 heteroatoms. The van der Waals surface area contributed by atoms with Gasteiger partial charge < -0.3 is 14.4 Å². The molecule has 0 unspecified atom stereocenters. The predicted octanol–water partition coefficient (Wildman–Crippen LogP) is 7.85. The van der Waals surface area contributed by atoms with Gasteiger partial charge >= 0.3 is 0 Å². The van der Waals surface area contributed by atoms with Gasteiger partial charge in [-0.2, -0.15) is 0 Å². The van der Waals surface area contributed by atoms with E-state index in [1.54, 1.807) is 18.2 Å². The number of para-hydroxylation sites is 1. The zero-order valence-electron chi connectivity index (χ0n) is 23.9. The van der Waals surface area contributed by atoms with Crippen LogP contribution in [0.25, 0.3) is 44.5 Å². The molecule has 1 radical (unpaired) electrons. The normalized spacial score (nSPS) is 12.6. The number of furan rings is 1. The molecule has 0 aliphatic carbocycles. The van der Waals surface area contributed by atoms with Crippen LogP contribution >= 0.6 is 0 Å². The van der Waals surface area contributed by atoms with E-state index in [0.717, 1.165) is 44.5 Å². The topological polar surface area (TPSA) is 38.9 Å². The van der Waals surface area contributed by atoms with E-state index in [-0.39, 0.29) is 25.7 Å². The molecule has 187 valence electrons. The molecule has 0 N–H and O–H groups in total. The minimum Gasteiger partial charge on any atom is -0.464 e. The third-order valence-corrected chi connectivity index (χ3v) is 7.98. The van der Waals surface area contributed by atoms with Gasteiger partial charge in [0.1, 0.15) is 11.2 Å². The quantitative estimate of drug-likeness (QED) is 0.141. The summed E-state index contributed by atoms with van der Waals surface area (Å²) in [6.45, 7) is 4.95. The first-order valence-electron chi connectivity index (χ1n) is 13.3. The number of aryl methyl sites for hydroxylation is 1. The van der Waals surface area contributed by atoms with Crippen molar-refractivity contribution in [2.75, 3.05) is 0 Å². The molecule has 6 rings (SSSR count). The van der Waals surface area contributed by atoms with Crippen molar-refractivity contribution in [3.63, 3.8) is 0 Å². The molecule has 0 saturated carbocycles. The van der Waals surface area contributed by atoms with Crippen LogP contribution in [0, 0.1) is 19.0 Å². The molecule has 37 heavy (non-hydrogen) atoms. The number of rotatable bonds is 3. The molecular formula is C32H28IrN2OSi-2. The van der Waals surface area contributed by atoms with Crippen LogP contribution in [0.4, 0.5) is 0 Å². The van der Waals surface area contributed by atoms with Gasteiger partial charge in [-0.15, -0.1) is 70.9 Å². The van der Waals surface area contributed by atoms with Gasteiger partial charge in [0.25, 0.3) is 0 Å². The van der Waals surface area contributed by atoms with Gasteiger partial charge in [0.15, 0.2) is 0 Å².